The summed E-state index contributed by atoms with van der Waals surface area (Å²) in [5.74, 6) is 0.344. The van der Waals surface area contributed by atoms with E-state index in [0.29, 0.717) is 23.0 Å². The third kappa shape index (κ3) is 5.44. The topological polar surface area (TPSA) is 99.9 Å². The molecular formula is C25H22N2O6S. The predicted octanol–water partition coefficient (Wildman–Crippen LogP) is 4.96. The summed E-state index contributed by atoms with van der Waals surface area (Å²) in [5.41, 5.74) is 1.71. The molecule has 0 spiro atoms. The first kappa shape index (κ1) is 23.1. The number of rotatable bonds is 9. The standard InChI is InChI=1S/C25H22N2O6S/c1-30-22-13-19(20(14-23(22)31-2)26-24(28)12-18-9-6-10-34-18)25(29)32-15-17-11-21(33-27-17)16-7-4-3-5-8-16/h3-11,13-14H,12,15H2,1-2H3,(H,26,28). The third-order valence-corrected chi connectivity index (χ3v) is 5.78. The molecule has 1 N–H and O–H groups in total. The van der Waals surface area contributed by atoms with Crippen molar-refractivity contribution in [1.82, 2.24) is 5.16 Å². The third-order valence-electron chi connectivity index (χ3n) is 4.90. The van der Waals surface area contributed by atoms with Gasteiger partial charge < -0.3 is 24.1 Å². The Hall–Kier alpha value is -4.11. The van der Waals surface area contributed by atoms with Crippen LogP contribution in [0.3, 0.4) is 0 Å². The van der Waals surface area contributed by atoms with E-state index in [9.17, 15) is 9.59 Å². The van der Waals surface area contributed by atoms with Crippen molar-refractivity contribution in [3.63, 3.8) is 0 Å². The van der Waals surface area contributed by atoms with Gasteiger partial charge in [0.1, 0.15) is 12.3 Å². The van der Waals surface area contributed by atoms with Crippen molar-refractivity contribution in [2.24, 2.45) is 0 Å². The Bertz CT molecular complexity index is 1270. The molecule has 2 heterocycles. The van der Waals surface area contributed by atoms with E-state index in [1.54, 1.807) is 6.07 Å². The average Bonchev–Trinajstić information content (AvgIpc) is 3.55. The lowest BCUT2D eigenvalue weighted by Gasteiger charge is -2.15. The minimum atomic E-state index is -0.656. The number of nitrogens with zero attached hydrogens (tertiary/aromatic N) is 1. The number of benzene rings is 2. The molecule has 0 saturated carbocycles. The van der Waals surface area contributed by atoms with Gasteiger partial charge in [-0.1, -0.05) is 41.6 Å². The van der Waals surface area contributed by atoms with Gasteiger partial charge in [0.2, 0.25) is 5.91 Å². The summed E-state index contributed by atoms with van der Waals surface area (Å²) in [4.78, 5) is 26.4. The van der Waals surface area contributed by atoms with Crippen LogP contribution in [0.1, 0.15) is 20.9 Å². The maximum atomic E-state index is 13.0. The highest BCUT2D eigenvalue weighted by atomic mass is 32.1. The number of hydrogen-bond acceptors (Lipinski definition) is 8. The molecule has 4 rings (SSSR count). The number of carbonyl (C=O) groups is 2. The molecule has 34 heavy (non-hydrogen) atoms. The van der Waals surface area contributed by atoms with E-state index in [4.69, 9.17) is 18.7 Å². The zero-order chi connectivity index (χ0) is 23.9. The van der Waals surface area contributed by atoms with Gasteiger partial charge in [-0.25, -0.2) is 4.79 Å². The van der Waals surface area contributed by atoms with Crippen LogP contribution in [0.15, 0.2) is 70.6 Å². The molecule has 0 aliphatic rings. The fraction of sp³-hybridized carbons (Fsp3) is 0.160. The highest BCUT2D eigenvalue weighted by Gasteiger charge is 2.21. The number of thiophene rings is 1. The van der Waals surface area contributed by atoms with Crippen LogP contribution < -0.4 is 14.8 Å². The number of carbonyl (C=O) groups excluding carboxylic acids is 2. The van der Waals surface area contributed by atoms with Gasteiger partial charge in [0.25, 0.3) is 0 Å². The van der Waals surface area contributed by atoms with Crippen molar-refractivity contribution in [3.05, 3.63) is 82.2 Å². The van der Waals surface area contributed by atoms with Crippen molar-refractivity contribution < 1.29 is 28.3 Å². The van der Waals surface area contributed by atoms with E-state index >= 15 is 0 Å². The first-order valence-corrected chi connectivity index (χ1v) is 11.2. The van der Waals surface area contributed by atoms with Gasteiger partial charge in [-0.15, -0.1) is 11.3 Å². The quantitative estimate of drug-likeness (QED) is 0.340. The number of anilines is 1. The second kappa shape index (κ2) is 10.7. The molecular weight excluding hydrogens is 456 g/mol. The highest BCUT2D eigenvalue weighted by molar-refractivity contribution is 7.10. The van der Waals surface area contributed by atoms with Crippen LogP contribution in [-0.4, -0.2) is 31.3 Å². The van der Waals surface area contributed by atoms with Crippen LogP contribution in [0.2, 0.25) is 0 Å². The van der Waals surface area contributed by atoms with Crippen molar-refractivity contribution in [3.8, 4) is 22.8 Å². The van der Waals surface area contributed by atoms with E-state index in [-0.39, 0.29) is 30.2 Å². The van der Waals surface area contributed by atoms with Crippen molar-refractivity contribution in [1.29, 1.82) is 0 Å². The summed E-state index contributed by atoms with van der Waals surface area (Å²) < 4.78 is 21.4. The zero-order valence-electron chi connectivity index (χ0n) is 18.6. The summed E-state index contributed by atoms with van der Waals surface area (Å²) in [6.07, 6.45) is 0.182. The molecule has 0 unspecified atom stereocenters. The van der Waals surface area contributed by atoms with Gasteiger partial charge in [0.05, 0.1) is 31.9 Å². The Morgan fingerprint density at radius 3 is 2.47 bits per heavy atom. The van der Waals surface area contributed by atoms with Crippen LogP contribution in [0.4, 0.5) is 5.69 Å². The molecule has 0 aliphatic carbocycles. The van der Waals surface area contributed by atoms with Crippen molar-refractivity contribution in [2.45, 2.75) is 13.0 Å². The Labute approximate surface area is 200 Å². The largest absolute Gasteiger partial charge is 0.493 e. The highest BCUT2D eigenvalue weighted by Crippen LogP contribution is 2.34. The van der Waals surface area contributed by atoms with Crippen LogP contribution in [-0.2, 0) is 22.6 Å². The van der Waals surface area contributed by atoms with Crippen LogP contribution in [0.5, 0.6) is 11.5 Å². The van der Waals surface area contributed by atoms with Crippen LogP contribution in [0, 0.1) is 0 Å². The molecule has 0 atom stereocenters. The van der Waals surface area contributed by atoms with Crippen molar-refractivity contribution >= 4 is 28.9 Å². The molecule has 0 bridgehead atoms. The molecule has 0 aliphatic heterocycles. The monoisotopic (exact) mass is 478 g/mol. The summed E-state index contributed by atoms with van der Waals surface area (Å²) in [6.45, 7) is -0.105. The molecule has 9 heteroatoms. The first-order valence-electron chi connectivity index (χ1n) is 10.3. The molecule has 0 radical (unpaired) electrons. The van der Waals surface area contributed by atoms with E-state index in [2.05, 4.69) is 10.5 Å². The molecule has 174 valence electrons. The summed E-state index contributed by atoms with van der Waals surface area (Å²) in [5, 5.41) is 8.64. The van der Waals surface area contributed by atoms with E-state index in [1.165, 1.54) is 37.7 Å². The van der Waals surface area contributed by atoms with E-state index in [1.807, 2.05) is 47.8 Å². The SMILES string of the molecule is COc1cc(NC(=O)Cc2cccs2)c(C(=O)OCc2cc(-c3ccccc3)on2)cc1OC. The number of amides is 1. The Kier molecular flexibility index (Phi) is 7.24. The smallest absolute Gasteiger partial charge is 0.340 e. The van der Waals surface area contributed by atoms with Crippen LogP contribution in [0.25, 0.3) is 11.3 Å². The molecule has 4 aromatic rings. The van der Waals surface area contributed by atoms with Gasteiger partial charge in [-0.3, -0.25) is 4.79 Å². The average molecular weight is 479 g/mol. The van der Waals surface area contributed by atoms with E-state index in [0.717, 1.165) is 10.4 Å². The number of methoxy groups -OCH3 is 2. The van der Waals surface area contributed by atoms with Gasteiger partial charge in [-0.05, 0) is 11.4 Å². The summed E-state index contributed by atoms with van der Waals surface area (Å²) in [6, 6.07) is 17.9. The molecule has 8 nitrogen and oxygen atoms in total. The van der Waals surface area contributed by atoms with E-state index < -0.39 is 5.97 Å². The number of aromatic nitrogens is 1. The molecule has 1 amide bonds. The summed E-state index contributed by atoms with van der Waals surface area (Å²) >= 11 is 1.48. The second-order valence-corrected chi connectivity index (χ2v) is 8.21. The molecule has 0 saturated heterocycles. The summed E-state index contributed by atoms with van der Waals surface area (Å²) in [7, 11) is 2.94. The second-order valence-electron chi connectivity index (χ2n) is 7.18. The van der Waals surface area contributed by atoms with Crippen LogP contribution >= 0.6 is 11.3 Å². The number of ether oxygens (including phenoxy) is 3. The lowest BCUT2D eigenvalue weighted by Crippen LogP contribution is -2.17. The maximum absolute atomic E-state index is 13.0. The van der Waals surface area contributed by atoms with Gasteiger partial charge >= 0.3 is 5.97 Å². The molecule has 2 aromatic carbocycles. The fourth-order valence-electron chi connectivity index (χ4n) is 3.25. The number of hydrogen-bond donors (Lipinski definition) is 1. The normalized spacial score (nSPS) is 10.5. The Balaban J connectivity index is 1.51. The number of esters is 1. The lowest BCUT2D eigenvalue weighted by atomic mass is 10.1. The minimum Gasteiger partial charge on any atom is -0.493 e. The van der Waals surface area contributed by atoms with Gasteiger partial charge in [0.15, 0.2) is 17.3 Å². The van der Waals surface area contributed by atoms with Gasteiger partial charge in [-0.2, -0.15) is 0 Å². The number of nitrogens with one attached hydrogen (secondary N) is 1. The minimum absolute atomic E-state index is 0.105. The van der Waals surface area contributed by atoms with Crippen molar-refractivity contribution in [2.75, 3.05) is 19.5 Å². The zero-order valence-corrected chi connectivity index (χ0v) is 19.4. The molecule has 2 aromatic heterocycles. The molecule has 0 fully saturated rings. The Morgan fingerprint density at radius 1 is 1.00 bits per heavy atom. The predicted molar refractivity (Wildman–Crippen MR) is 127 cm³/mol. The fourth-order valence-corrected chi connectivity index (χ4v) is 3.96. The lowest BCUT2D eigenvalue weighted by molar-refractivity contribution is -0.115. The van der Waals surface area contributed by atoms with Gasteiger partial charge in [0, 0.05) is 28.6 Å². The Morgan fingerprint density at radius 2 is 1.76 bits per heavy atom. The maximum Gasteiger partial charge on any atom is 0.340 e. The first-order chi connectivity index (χ1) is 16.6.